The van der Waals surface area contributed by atoms with Gasteiger partial charge in [-0.15, -0.1) is 0 Å². The predicted molar refractivity (Wildman–Crippen MR) is 67.6 cm³/mol. The molecule has 3 N–H and O–H groups in total. The van der Waals surface area contributed by atoms with E-state index in [1.807, 2.05) is 0 Å². The van der Waals surface area contributed by atoms with Crippen LogP contribution in [-0.2, 0) is 16.1 Å². The summed E-state index contributed by atoms with van der Waals surface area (Å²) < 4.78 is 16.1. The van der Waals surface area contributed by atoms with Crippen LogP contribution in [0.2, 0.25) is 0 Å². The highest BCUT2D eigenvalue weighted by molar-refractivity contribution is 5.77. The van der Waals surface area contributed by atoms with Crippen LogP contribution in [0.1, 0.15) is 17.0 Å². The number of hydrogen-bond donors (Lipinski definition) is 2. The Morgan fingerprint density at radius 1 is 1.42 bits per heavy atom. The topological polar surface area (TPSA) is 91.0 Å². The van der Waals surface area contributed by atoms with Crippen molar-refractivity contribution in [2.75, 3.05) is 26.9 Å². The van der Waals surface area contributed by atoms with Crippen LogP contribution in [0.4, 0.5) is 0 Å². The van der Waals surface area contributed by atoms with Crippen LogP contribution in [0.3, 0.4) is 0 Å². The molecule has 6 heteroatoms. The van der Waals surface area contributed by atoms with E-state index >= 15 is 0 Å². The summed E-state index contributed by atoms with van der Waals surface area (Å²) in [6.07, 6.45) is 0. The van der Waals surface area contributed by atoms with Gasteiger partial charge in [0.25, 0.3) is 0 Å². The summed E-state index contributed by atoms with van der Waals surface area (Å²) in [5.41, 5.74) is 6.92. The fourth-order valence-electron chi connectivity index (χ4n) is 2.11. The fraction of sp³-hybridized carbons (Fsp3) is 0.462. The second-order valence-corrected chi connectivity index (χ2v) is 4.25. The standard InChI is InChI=1S/C13H17NO5/c1-17-7-8-4-11-12(19-3-2-18-11)5-9(8)10(6-14)13(15)16/h4-5,10H,2-3,6-7,14H2,1H3,(H,15,16). The van der Waals surface area contributed by atoms with Gasteiger partial charge in [-0.3, -0.25) is 4.79 Å². The van der Waals surface area contributed by atoms with E-state index in [9.17, 15) is 9.90 Å². The van der Waals surface area contributed by atoms with Crippen molar-refractivity contribution < 1.29 is 24.1 Å². The van der Waals surface area contributed by atoms with Crippen LogP contribution in [0.5, 0.6) is 11.5 Å². The molecule has 2 rings (SSSR count). The lowest BCUT2D eigenvalue weighted by Gasteiger charge is -2.23. The number of nitrogens with two attached hydrogens (primary N) is 1. The summed E-state index contributed by atoms with van der Waals surface area (Å²) in [6, 6.07) is 3.45. The normalized spacial score (nSPS) is 15.1. The van der Waals surface area contributed by atoms with Gasteiger partial charge in [-0.2, -0.15) is 0 Å². The highest BCUT2D eigenvalue weighted by Gasteiger charge is 2.24. The van der Waals surface area contributed by atoms with Gasteiger partial charge in [-0.25, -0.2) is 0 Å². The Kier molecular flexibility index (Phi) is 4.24. The Hall–Kier alpha value is -1.79. The second-order valence-electron chi connectivity index (χ2n) is 4.25. The van der Waals surface area contributed by atoms with Crippen LogP contribution >= 0.6 is 0 Å². The van der Waals surface area contributed by atoms with E-state index in [1.165, 1.54) is 0 Å². The number of carbonyl (C=O) groups is 1. The third-order valence-electron chi connectivity index (χ3n) is 3.01. The van der Waals surface area contributed by atoms with Crippen LogP contribution < -0.4 is 15.2 Å². The number of rotatable bonds is 5. The molecule has 0 bridgehead atoms. The predicted octanol–water partition coefficient (Wildman–Crippen LogP) is 0.731. The number of ether oxygens (including phenoxy) is 3. The molecule has 1 aliphatic heterocycles. The van der Waals surface area contributed by atoms with Gasteiger partial charge in [-0.05, 0) is 23.3 Å². The summed E-state index contributed by atoms with van der Waals surface area (Å²) in [5, 5.41) is 9.23. The molecule has 1 aliphatic rings. The molecular weight excluding hydrogens is 250 g/mol. The lowest BCUT2D eigenvalue weighted by Crippen LogP contribution is -2.23. The SMILES string of the molecule is COCc1cc2c(cc1C(CN)C(=O)O)OCCO2. The maximum Gasteiger partial charge on any atom is 0.312 e. The highest BCUT2D eigenvalue weighted by Crippen LogP contribution is 2.36. The fourth-order valence-corrected chi connectivity index (χ4v) is 2.11. The number of benzene rings is 1. The first kappa shape index (κ1) is 13.6. The van der Waals surface area contributed by atoms with Gasteiger partial charge in [0.05, 0.1) is 12.5 Å². The van der Waals surface area contributed by atoms with Crippen molar-refractivity contribution in [3.63, 3.8) is 0 Å². The van der Waals surface area contributed by atoms with E-state index in [4.69, 9.17) is 19.9 Å². The average molecular weight is 267 g/mol. The van der Waals surface area contributed by atoms with Crippen LogP contribution in [0.25, 0.3) is 0 Å². The van der Waals surface area contributed by atoms with Crippen molar-refractivity contribution in [3.05, 3.63) is 23.3 Å². The summed E-state index contributed by atoms with van der Waals surface area (Å²) in [4.78, 5) is 11.3. The smallest absolute Gasteiger partial charge is 0.312 e. The Morgan fingerprint density at radius 3 is 2.58 bits per heavy atom. The summed E-state index contributed by atoms with van der Waals surface area (Å²) >= 11 is 0. The molecule has 1 heterocycles. The molecule has 1 aromatic carbocycles. The first-order valence-corrected chi connectivity index (χ1v) is 6.01. The van der Waals surface area contributed by atoms with Crippen molar-refractivity contribution in [2.45, 2.75) is 12.5 Å². The molecule has 0 amide bonds. The van der Waals surface area contributed by atoms with E-state index in [2.05, 4.69) is 0 Å². The second kappa shape index (κ2) is 5.90. The van der Waals surface area contributed by atoms with Crippen LogP contribution in [0.15, 0.2) is 12.1 Å². The number of methoxy groups -OCH3 is 1. The molecule has 6 nitrogen and oxygen atoms in total. The lowest BCUT2D eigenvalue weighted by atomic mass is 9.93. The Labute approximate surface area is 111 Å². The summed E-state index contributed by atoms with van der Waals surface area (Å²) in [6.45, 7) is 1.26. The van der Waals surface area contributed by atoms with Crippen molar-refractivity contribution in [3.8, 4) is 11.5 Å². The van der Waals surface area contributed by atoms with Crippen LogP contribution in [-0.4, -0.2) is 37.9 Å². The first-order chi connectivity index (χ1) is 9.17. The monoisotopic (exact) mass is 267 g/mol. The number of fused-ring (bicyclic) bond motifs is 1. The number of carboxylic acid groups (broad SMARTS) is 1. The van der Waals surface area contributed by atoms with Gasteiger partial charge >= 0.3 is 5.97 Å². The largest absolute Gasteiger partial charge is 0.486 e. The van der Waals surface area contributed by atoms with Crippen LogP contribution in [0, 0.1) is 0 Å². The van der Waals surface area contributed by atoms with Gasteiger partial charge in [0.1, 0.15) is 13.2 Å². The molecule has 0 saturated carbocycles. The van der Waals surface area contributed by atoms with Crippen molar-refractivity contribution in [2.24, 2.45) is 5.73 Å². The van der Waals surface area contributed by atoms with Gasteiger partial charge in [-0.1, -0.05) is 0 Å². The molecule has 0 aromatic heterocycles. The van der Waals surface area contributed by atoms with E-state index in [0.717, 1.165) is 5.56 Å². The first-order valence-electron chi connectivity index (χ1n) is 6.01. The van der Waals surface area contributed by atoms with Crippen molar-refractivity contribution >= 4 is 5.97 Å². The number of aliphatic carboxylic acids is 1. The third kappa shape index (κ3) is 2.80. The Morgan fingerprint density at radius 2 is 2.05 bits per heavy atom. The maximum absolute atomic E-state index is 11.3. The molecule has 0 saturated heterocycles. The Balaban J connectivity index is 2.46. The molecule has 0 spiro atoms. The van der Waals surface area contributed by atoms with E-state index in [1.54, 1.807) is 19.2 Å². The molecule has 1 unspecified atom stereocenters. The van der Waals surface area contributed by atoms with Crippen molar-refractivity contribution in [1.29, 1.82) is 0 Å². The zero-order valence-corrected chi connectivity index (χ0v) is 10.7. The number of carboxylic acids is 1. The minimum atomic E-state index is -0.962. The van der Waals surface area contributed by atoms with Gasteiger partial charge in [0, 0.05) is 13.7 Å². The highest BCUT2D eigenvalue weighted by atomic mass is 16.6. The molecule has 0 radical (unpaired) electrons. The van der Waals surface area contributed by atoms with Crippen molar-refractivity contribution in [1.82, 2.24) is 0 Å². The minimum Gasteiger partial charge on any atom is -0.486 e. The molecule has 104 valence electrons. The zero-order valence-electron chi connectivity index (χ0n) is 10.7. The van der Waals surface area contributed by atoms with E-state index in [0.29, 0.717) is 36.9 Å². The molecule has 0 fully saturated rings. The Bertz CT molecular complexity index is 474. The quantitative estimate of drug-likeness (QED) is 0.817. The van der Waals surface area contributed by atoms with Gasteiger partial charge in [0.2, 0.25) is 0 Å². The molecule has 1 atom stereocenters. The summed E-state index contributed by atoms with van der Waals surface area (Å²) in [5.74, 6) is -0.568. The molecule has 1 aromatic rings. The average Bonchev–Trinajstić information content (AvgIpc) is 2.40. The third-order valence-corrected chi connectivity index (χ3v) is 3.01. The van der Waals surface area contributed by atoms with Gasteiger partial charge < -0.3 is 25.1 Å². The minimum absolute atomic E-state index is 0.0195. The maximum atomic E-state index is 11.3. The van der Waals surface area contributed by atoms with Gasteiger partial charge in [0.15, 0.2) is 11.5 Å². The lowest BCUT2D eigenvalue weighted by molar-refractivity contribution is -0.138. The number of hydrogen-bond acceptors (Lipinski definition) is 5. The molecular formula is C13H17NO5. The van der Waals surface area contributed by atoms with E-state index < -0.39 is 11.9 Å². The van der Waals surface area contributed by atoms with E-state index in [-0.39, 0.29) is 6.54 Å². The molecule has 19 heavy (non-hydrogen) atoms. The zero-order chi connectivity index (χ0) is 13.8. The summed E-state index contributed by atoms with van der Waals surface area (Å²) in [7, 11) is 1.55. The molecule has 0 aliphatic carbocycles.